The highest BCUT2D eigenvalue weighted by atomic mass is 79.9. The Morgan fingerprint density at radius 3 is 2.62 bits per heavy atom. The molecule has 0 aliphatic rings. The van der Waals surface area contributed by atoms with E-state index in [-0.39, 0.29) is 11.5 Å². The lowest BCUT2D eigenvalue weighted by molar-refractivity contribution is -0.121. The second-order valence-corrected chi connectivity index (χ2v) is 7.39. The van der Waals surface area contributed by atoms with Crippen molar-refractivity contribution in [2.45, 2.75) is 25.9 Å². The van der Waals surface area contributed by atoms with Crippen LogP contribution in [0, 0.1) is 0 Å². The van der Waals surface area contributed by atoms with E-state index in [1.807, 2.05) is 48.5 Å². The summed E-state index contributed by atoms with van der Waals surface area (Å²) in [6.45, 7) is 0.783. The van der Waals surface area contributed by atoms with Crippen molar-refractivity contribution >= 4 is 21.8 Å². The van der Waals surface area contributed by atoms with Crippen molar-refractivity contribution in [1.29, 1.82) is 0 Å². The molecule has 3 aromatic rings. The number of hydrogen-bond donors (Lipinski definition) is 1. The zero-order valence-corrected chi connectivity index (χ0v) is 17.7. The summed E-state index contributed by atoms with van der Waals surface area (Å²) in [5.41, 5.74) is 2.39. The van der Waals surface area contributed by atoms with E-state index in [4.69, 9.17) is 4.74 Å². The average molecular weight is 456 g/mol. The number of ether oxygens (including phenoxy) is 1. The standard InChI is InChI=1S/C22H22BrN3O3/c1-29-20-6-3-2-5-17(20)15-24-21(27)7-4-14-26-22(28)13-12-19(25-26)16-8-10-18(23)11-9-16/h2-3,5-6,8-13H,4,7,14-15H2,1H3,(H,24,27). The number of aromatic nitrogens is 2. The molecule has 1 amide bonds. The summed E-state index contributed by atoms with van der Waals surface area (Å²) < 4.78 is 7.67. The summed E-state index contributed by atoms with van der Waals surface area (Å²) in [5, 5.41) is 7.31. The number of carbonyl (C=O) groups is 1. The van der Waals surface area contributed by atoms with E-state index in [1.54, 1.807) is 13.2 Å². The number of nitrogens with one attached hydrogen (secondary N) is 1. The number of hydrogen-bond acceptors (Lipinski definition) is 4. The van der Waals surface area contributed by atoms with Gasteiger partial charge in [-0.05, 0) is 30.7 Å². The fraction of sp³-hybridized carbons (Fsp3) is 0.227. The van der Waals surface area contributed by atoms with Gasteiger partial charge in [0, 0.05) is 41.2 Å². The van der Waals surface area contributed by atoms with E-state index in [2.05, 4.69) is 26.3 Å². The predicted octanol–water partition coefficient (Wildman–Crippen LogP) is 3.78. The molecule has 1 N–H and O–H groups in total. The van der Waals surface area contributed by atoms with Crippen LogP contribution in [0.5, 0.6) is 5.75 Å². The number of nitrogens with zero attached hydrogens (tertiary/aromatic N) is 2. The summed E-state index contributed by atoms with van der Waals surface area (Å²) in [6.07, 6.45) is 0.834. The van der Waals surface area contributed by atoms with E-state index in [9.17, 15) is 9.59 Å². The first-order valence-corrected chi connectivity index (χ1v) is 10.1. The second kappa shape index (κ2) is 10.0. The van der Waals surface area contributed by atoms with Crippen LogP contribution in [0.25, 0.3) is 11.3 Å². The summed E-state index contributed by atoms with van der Waals surface area (Å²) in [5.74, 6) is 0.668. The van der Waals surface area contributed by atoms with Crippen molar-refractivity contribution in [2.75, 3.05) is 7.11 Å². The van der Waals surface area contributed by atoms with Gasteiger partial charge >= 0.3 is 0 Å². The fourth-order valence-electron chi connectivity index (χ4n) is 2.90. The highest BCUT2D eigenvalue weighted by molar-refractivity contribution is 9.10. The van der Waals surface area contributed by atoms with Crippen molar-refractivity contribution in [3.63, 3.8) is 0 Å². The normalized spacial score (nSPS) is 10.6. The Balaban J connectivity index is 1.54. The Labute approximate surface area is 177 Å². The minimum absolute atomic E-state index is 0.0759. The van der Waals surface area contributed by atoms with Crippen LogP contribution < -0.4 is 15.6 Å². The van der Waals surface area contributed by atoms with Gasteiger partial charge in [0.25, 0.3) is 5.56 Å². The van der Waals surface area contributed by atoms with Crippen LogP contribution in [0.3, 0.4) is 0 Å². The van der Waals surface area contributed by atoms with Crippen LogP contribution in [-0.4, -0.2) is 22.8 Å². The van der Waals surface area contributed by atoms with Gasteiger partial charge < -0.3 is 10.1 Å². The minimum atomic E-state index is -0.180. The Morgan fingerprint density at radius 1 is 1.10 bits per heavy atom. The molecule has 29 heavy (non-hydrogen) atoms. The van der Waals surface area contributed by atoms with Crippen molar-refractivity contribution in [3.05, 3.63) is 81.1 Å². The van der Waals surface area contributed by atoms with Crippen molar-refractivity contribution in [1.82, 2.24) is 15.1 Å². The third kappa shape index (κ3) is 5.77. The quantitative estimate of drug-likeness (QED) is 0.560. The maximum absolute atomic E-state index is 12.1. The monoisotopic (exact) mass is 455 g/mol. The molecule has 0 radical (unpaired) electrons. The molecular formula is C22H22BrN3O3. The fourth-order valence-corrected chi connectivity index (χ4v) is 3.17. The number of amides is 1. The molecule has 0 aliphatic heterocycles. The highest BCUT2D eigenvalue weighted by Crippen LogP contribution is 2.19. The van der Waals surface area contributed by atoms with Crippen LogP contribution in [0.15, 0.2) is 69.9 Å². The first kappa shape index (κ1) is 20.8. The highest BCUT2D eigenvalue weighted by Gasteiger charge is 2.07. The van der Waals surface area contributed by atoms with Gasteiger partial charge in [0.05, 0.1) is 12.8 Å². The lowest BCUT2D eigenvalue weighted by atomic mass is 10.1. The number of benzene rings is 2. The molecule has 0 bridgehead atoms. The van der Waals surface area contributed by atoms with Gasteiger partial charge in [0.1, 0.15) is 5.75 Å². The van der Waals surface area contributed by atoms with Crippen LogP contribution >= 0.6 is 15.9 Å². The van der Waals surface area contributed by atoms with Crippen molar-refractivity contribution in [2.24, 2.45) is 0 Å². The van der Waals surface area contributed by atoms with Crippen LogP contribution in [0.2, 0.25) is 0 Å². The van der Waals surface area contributed by atoms with E-state index in [0.29, 0.717) is 25.9 Å². The zero-order chi connectivity index (χ0) is 20.6. The Hall–Kier alpha value is -2.93. The van der Waals surface area contributed by atoms with Gasteiger partial charge in [-0.2, -0.15) is 5.10 Å². The maximum atomic E-state index is 12.1. The Morgan fingerprint density at radius 2 is 1.86 bits per heavy atom. The number of rotatable bonds is 8. The van der Waals surface area contributed by atoms with Gasteiger partial charge in [-0.15, -0.1) is 0 Å². The third-order valence-corrected chi connectivity index (χ3v) is 4.98. The zero-order valence-electron chi connectivity index (χ0n) is 16.1. The number of halogens is 1. The molecule has 1 heterocycles. The summed E-state index contributed by atoms with van der Waals surface area (Å²) in [7, 11) is 1.60. The molecular weight excluding hydrogens is 434 g/mol. The van der Waals surface area contributed by atoms with E-state index in [1.165, 1.54) is 10.7 Å². The van der Waals surface area contributed by atoms with E-state index in [0.717, 1.165) is 27.0 Å². The van der Waals surface area contributed by atoms with Crippen molar-refractivity contribution in [3.8, 4) is 17.0 Å². The summed E-state index contributed by atoms with van der Waals surface area (Å²) in [4.78, 5) is 24.2. The summed E-state index contributed by atoms with van der Waals surface area (Å²) in [6, 6.07) is 18.5. The second-order valence-electron chi connectivity index (χ2n) is 6.48. The molecule has 0 fully saturated rings. The molecule has 0 unspecified atom stereocenters. The molecule has 3 rings (SSSR count). The van der Waals surface area contributed by atoms with Gasteiger partial charge in [-0.3, -0.25) is 9.59 Å². The number of carbonyl (C=O) groups excluding carboxylic acids is 1. The SMILES string of the molecule is COc1ccccc1CNC(=O)CCCn1nc(-c2ccc(Br)cc2)ccc1=O. The molecule has 0 saturated heterocycles. The van der Waals surface area contributed by atoms with Gasteiger partial charge in [0.2, 0.25) is 5.91 Å². The Bertz CT molecular complexity index is 1030. The lowest BCUT2D eigenvalue weighted by Gasteiger charge is -2.10. The maximum Gasteiger partial charge on any atom is 0.266 e. The molecule has 1 aromatic heterocycles. The number of para-hydroxylation sites is 1. The van der Waals surface area contributed by atoms with Crippen LogP contribution in [0.1, 0.15) is 18.4 Å². The third-order valence-electron chi connectivity index (χ3n) is 4.45. The topological polar surface area (TPSA) is 73.2 Å². The van der Waals surface area contributed by atoms with Crippen LogP contribution in [-0.2, 0) is 17.9 Å². The first-order chi connectivity index (χ1) is 14.1. The number of aryl methyl sites for hydroxylation is 1. The largest absolute Gasteiger partial charge is 0.496 e. The van der Waals surface area contributed by atoms with Gasteiger partial charge in [-0.25, -0.2) is 4.68 Å². The average Bonchev–Trinajstić information content (AvgIpc) is 2.74. The van der Waals surface area contributed by atoms with Crippen LogP contribution in [0.4, 0.5) is 0 Å². The molecule has 7 heteroatoms. The van der Waals surface area contributed by atoms with Crippen molar-refractivity contribution < 1.29 is 9.53 Å². The number of methoxy groups -OCH3 is 1. The summed E-state index contributed by atoms with van der Waals surface area (Å²) >= 11 is 3.41. The molecule has 0 saturated carbocycles. The molecule has 0 atom stereocenters. The smallest absolute Gasteiger partial charge is 0.266 e. The predicted molar refractivity (Wildman–Crippen MR) is 116 cm³/mol. The molecule has 150 valence electrons. The van der Waals surface area contributed by atoms with Gasteiger partial charge in [-0.1, -0.05) is 46.3 Å². The lowest BCUT2D eigenvalue weighted by Crippen LogP contribution is -2.25. The molecule has 0 aliphatic carbocycles. The van der Waals surface area contributed by atoms with Gasteiger partial charge in [0.15, 0.2) is 0 Å². The van der Waals surface area contributed by atoms with E-state index >= 15 is 0 Å². The van der Waals surface area contributed by atoms with E-state index < -0.39 is 0 Å². The molecule has 2 aromatic carbocycles. The first-order valence-electron chi connectivity index (χ1n) is 9.29. The molecule has 0 spiro atoms. The minimum Gasteiger partial charge on any atom is -0.496 e. The molecule has 6 nitrogen and oxygen atoms in total. The Kier molecular flexibility index (Phi) is 7.19.